The van der Waals surface area contributed by atoms with Gasteiger partial charge in [0.2, 0.25) is 0 Å². The van der Waals surface area contributed by atoms with E-state index < -0.39 is 0 Å². The third-order valence-electron chi connectivity index (χ3n) is 5.01. The summed E-state index contributed by atoms with van der Waals surface area (Å²) in [6, 6.07) is 17.9. The number of rotatable bonds is 5. The number of amidine groups is 1. The van der Waals surface area contributed by atoms with Crippen molar-refractivity contribution in [2.75, 3.05) is 20.0 Å². The van der Waals surface area contributed by atoms with E-state index in [1.807, 2.05) is 36.4 Å². The van der Waals surface area contributed by atoms with Crippen molar-refractivity contribution in [3.8, 4) is 17.2 Å². The molecule has 30 heavy (non-hydrogen) atoms. The van der Waals surface area contributed by atoms with Gasteiger partial charge in [-0.25, -0.2) is 4.99 Å². The van der Waals surface area contributed by atoms with E-state index in [2.05, 4.69) is 52.1 Å². The lowest BCUT2D eigenvalue weighted by Crippen LogP contribution is -2.25. The number of aliphatic imine (C=N–C) groups is 1. The maximum Gasteiger partial charge on any atom is 0.182 e. The summed E-state index contributed by atoms with van der Waals surface area (Å²) in [5, 5.41) is 5.39. The Labute approximate surface area is 180 Å². The van der Waals surface area contributed by atoms with Crippen molar-refractivity contribution in [3.63, 3.8) is 0 Å². The van der Waals surface area contributed by atoms with Crippen LogP contribution in [0.15, 0.2) is 64.7 Å². The summed E-state index contributed by atoms with van der Waals surface area (Å²) in [6.45, 7) is 4.24. The lowest BCUT2D eigenvalue weighted by Gasteiger charge is -2.15. The molecule has 3 aromatic rings. The summed E-state index contributed by atoms with van der Waals surface area (Å²) >= 11 is 1.65. The molecule has 2 aromatic carbocycles. The molecule has 1 aromatic heterocycles. The first-order chi connectivity index (χ1) is 14.6. The van der Waals surface area contributed by atoms with Crippen molar-refractivity contribution >= 4 is 28.3 Å². The molecule has 6 nitrogen and oxygen atoms in total. The van der Waals surface area contributed by atoms with Crippen molar-refractivity contribution in [2.45, 2.75) is 13.8 Å². The molecule has 7 heteroatoms. The summed E-state index contributed by atoms with van der Waals surface area (Å²) in [5.74, 6) is 2.42. The number of aromatic nitrogens is 1. The Bertz CT molecular complexity index is 1100. The molecule has 0 saturated heterocycles. The van der Waals surface area contributed by atoms with E-state index in [9.17, 15) is 0 Å². The van der Waals surface area contributed by atoms with Crippen molar-refractivity contribution < 1.29 is 9.47 Å². The van der Waals surface area contributed by atoms with Gasteiger partial charge in [-0.1, -0.05) is 11.8 Å². The maximum atomic E-state index is 5.27. The molecule has 0 fully saturated rings. The third kappa shape index (κ3) is 4.07. The zero-order chi connectivity index (χ0) is 21.1. The molecule has 1 aliphatic rings. The van der Waals surface area contributed by atoms with Gasteiger partial charge in [-0.15, -0.1) is 0 Å². The number of hydrazone groups is 1. The molecule has 0 aliphatic carbocycles. The minimum atomic E-state index is 0.759. The highest BCUT2D eigenvalue weighted by atomic mass is 32.2. The number of methoxy groups -OCH3 is 2. The van der Waals surface area contributed by atoms with Gasteiger partial charge in [-0.3, -0.25) is 5.43 Å². The van der Waals surface area contributed by atoms with Crippen molar-refractivity contribution in [1.29, 1.82) is 0 Å². The van der Waals surface area contributed by atoms with Crippen LogP contribution in [0.4, 0.5) is 5.69 Å². The standard InChI is InChI=1S/C23H24N4O2S/c1-15-13-21(16(2)27(15)18-7-11-20(29-4)12-8-18)22-14-30-23(26-25-22)24-17-5-9-19(28-3)10-6-17/h5-13H,14H2,1-4H3,(H,24,26). The fourth-order valence-electron chi connectivity index (χ4n) is 3.47. The molecular formula is C23H24N4O2S. The van der Waals surface area contributed by atoms with Crippen LogP contribution < -0.4 is 14.9 Å². The van der Waals surface area contributed by atoms with Crippen LogP contribution in [0.2, 0.25) is 0 Å². The van der Waals surface area contributed by atoms with Crippen LogP contribution in [0, 0.1) is 13.8 Å². The van der Waals surface area contributed by atoms with E-state index in [4.69, 9.17) is 9.47 Å². The second kappa shape index (κ2) is 8.67. The first-order valence-electron chi connectivity index (χ1n) is 9.61. The Hall–Kier alpha value is -3.19. The van der Waals surface area contributed by atoms with Crippen LogP contribution in [0.1, 0.15) is 17.0 Å². The minimum absolute atomic E-state index is 0.759. The highest BCUT2D eigenvalue weighted by Crippen LogP contribution is 2.26. The van der Waals surface area contributed by atoms with Gasteiger partial charge in [0.25, 0.3) is 0 Å². The van der Waals surface area contributed by atoms with Gasteiger partial charge in [0.15, 0.2) is 5.17 Å². The van der Waals surface area contributed by atoms with E-state index in [-0.39, 0.29) is 0 Å². The molecule has 154 valence electrons. The Morgan fingerprint density at radius 2 is 1.60 bits per heavy atom. The average Bonchev–Trinajstić information content (AvgIpc) is 3.09. The summed E-state index contributed by atoms with van der Waals surface area (Å²) in [6.07, 6.45) is 0. The highest BCUT2D eigenvalue weighted by Gasteiger charge is 2.19. The van der Waals surface area contributed by atoms with Crippen LogP contribution in [0.5, 0.6) is 11.5 Å². The van der Waals surface area contributed by atoms with Gasteiger partial charge in [-0.05, 0) is 68.4 Å². The number of thioether (sulfide) groups is 1. The minimum Gasteiger partial charge on any atom is -0.497 e. The Morgan fingerprint density at radius 1 is 0.967 bits per heavy atom. The molecule has 0 atom stereocenters. The number of hydrogen-bond donors (Lipinski definition) is 1. The van der Waals surface area contributed by atoms with Crippen molar-refractivity contribution in [1.82, 2.24) is 9.99 Å². The zero-order valence-electron chi connectivity index (χ0n) is 17.5. The van der Waals surface area contributed by atoms with Crippen LogP contribution in [-0.2, 0) is 0 Å². The SMILES string of the molecule is COc1ccc(N=C2NN=C(c3cc(C)n(-c4ccc(OC)cc4)c3C)CS2)cc1. The number of hydrogen-bond acceptors (Lipinski definition) is 5. The quantitative estimate of drug-likeness (QED) is 0.642. The van der Waals surface area contributed by atoms with Crippen LogP contribution in [0.3, 0.4) is 0 Å². The van der Waals surface area contributed by atoms with Crippen LogP contribution in [0.25, 0.3) is 5.69 Å². The Balaban J connectivity index is 1.55. The lowest BCUT2D eigenvalue weighted by molar-refractivity contribution is 0.414. The topological polar surface area (TPSA) is 60.1 Å². The lowest BCUT2D eigenvalue weighted by atomic mass is 10.1. The first kappa shape index (κ1) is 20.1. The van der Waals surface area contributed by atoms with Gasteiger partial charge in [-0.2, -0.15) is 5.10 Å². The zero-order valence-corrected chi connectivity index (χ0v) is 18.3. The number of aryl methyl sites for hydroxylation is 1. The number of nitrogens with zero attached hydrogens (tertiary/aromatic N) is 3. The van der Waals surface area contributed by atoms with Gasteiger partial charge in [0.1, 0.15) is 11.5 Å². The van der Waals surface area contributed by atoms with Crippen LogP contribution >= 0.6 is 11.8 Å². The normalized spacial score (nSPS) is 14.9. The second-order valence-corrected chi connectivity index (χ2v) is 7.86. The van der Waals surface area contributed by atoms with E-state index in [0.29, 0.717) is 0 Å². The predicted molar refractivity (Wildman–Crippen MR) is 124 cm³/mol. The van der Waals surface area contributed by atoms with E-state index in [1.165, 1.54) is 0 Å². The molecule has 0 bridgehead atoms. The average molecular weight is 421 g/mol. The monoisotopic (exact) mass is 420 g/mol. The summed E-state index contributed by atoms with van der Waals surface area (Å²) in [4.78, 5) is 4.62. The first-order valence-corrected chi connectivity index (χ1v) is 10.6. The van der Waals surface area contributed by atoms with Gasteiger partial charge in [0, 0.05) is 28.4 Å². The Morgan fingerprint density at radius 3 is 2.17 bits per heavy atom. The number of nitrogens with one attached hydrogen (secondary N) is 1. The molecule has 0 unspecified atom stereocenters. The van der Waals surface area contributed by atoms with Gasteiger partial charge in [0.05, 0.1) is 25.6 Å². The number of ether oxygens (including phenoxy) is 2. The maximum absolute atomic E-state index is 5.27. The fourth-order valence-corrected chi connectivity index (χ4v) is 4.24. The summed E-state index contributed by atoms with van der Waals surface area (Å²) in [7, 11) is 3.33. The smallest absolute Gasteiger partial charge is 0.182 e. The molecule has 0 amide bonds. The highest BCUT2D eigenvalue weighted by molar-refractivity contribution is 8.14. The molecule has 4 rings (SSSR count). The molecule has 1 N–H and O–H groups in total. The van der Waals surface area contributed by atoms with E-state index in [1.54, 1.807) is 26.0 Å². The second-order valence-electron chi connectivity index (χ2n) is 6.89. The number of benzene rings is 2. The molecule has 1 aliphatic heterocycles. The van der Waals surface area contributed by atoms with Gasteiger partial charge < -0.3 is 14.0 Å². The fraction of sp³-hybridized carbons (Fsp3) is 0.217. The Kier molecular flexibility index (Phi) is 5.81. The van der Waals surface area contributed by atoms with Crippen molar-refractivity contribution in [3.05, 3.63) is 71.5 Å². The summed E-state index contributed by atoms with van der Waals surface area (Å²) in [5.41, 5.74) is 9.56. The molecule has 0 spiro atoms. The third-order valence-corrected chi connectivity index (χ3v) is 5.88. The van der Waals surface area contributed by atoms with E-state index >= 15 is 0 Å². The molecular weight excluding hydrogens is 396 g/mol. The molecule has 2 heterocycles. The predicted octanol–water partition coefficient (Wildman–Crippen LogP) is 4.84. The van der Waals surface area contributed by atoms with Crippen LogP contribution in [-0.4, -0.2) is 35.4 Å². The van der Waals surface area contributed by atoms with Crippen molar-refractivity contribution in [2.24, 2.45) is 10.1 Å². The van der Waals surface area contributed by atoms with E-state index in [0.717, 1.165) is 56.5 Å². The van der Waals surface area contributed by atoms with Gasteiger partial charge >= 0.3 is 0 Å². The molecule has 0 saturated carbocycles. The molecule has 0 radical (unpaired) electrons. The largest absolute Gasteiger partial charge is 0.497 e. The summed E-state index contributed by atoms with van der Waals surface area (Å²) < 4.78 is 12.7.